The number of fused-ring (bicyclic) bond motifs is 2. The highest BCUT2D eigenvalue weighted by Crippen LogP contribution is 2.30. The Kier molecular flexibility index (Phi) is 4.32. The van der Waals surface area contributed by atoms with Gasteiger partial charge in [0.15, 0.2) is 0 Å². The van der Waals surface area contributed by atoms with Gasteiger partial charge in [0.25, 0.3) is 11.5 Å². The lowest BCUT2D eigenvalue weighted by Gasteiger charge is -2.17. The van der Waals surface area contributed by atoms with Crippen LogP contribution in [0.5, 0.6) is 0 Å². The molecule has 0 saturated heterocycles. The van der Waals surface area contributed by atoms with E-state index < -0.39 is 0 Å². The summed E-state index contributed by atoms with van der Waals surface area (Å²) in [5.41, 5.74) is 1.40. The first-order valence-corrected chi connectivity index (χ1v) is 9.73. The second-order valence-corrected chi connectivity index (χ2v) is 7.96. The summed E-state index contributed by atoms with van der Waals surface area (Å²) in [4.78, 5) is 33.4. The third kappa shape index (κ3) is 2.73. The SMILES string of the molecule is Cc1c(C(=O)N(C)c2cccc(Cl)c2)sc2nc3n(c(=O)c12)CCCC3. The predicted molar refractivity (Wildman–Crippen MR) is 106 cm³/mol. The summed E-state index contributed by atoms with van der Waals surface area (Å²) in [7, 11) is 1.71. The summed E-state index contributed by atoms with van der Waals surface area (Å²) in [6.07, 6.45) is 2.85. The van der Waals surface area contributed by atoms with Crippen LogP contribution in [-0.2, 0) is 13.0 Å². The Bertz CT molecular complexity index is 1090. The molecule has 2 aromatic heterocycles. The van der Waals surface area contributed by atoms with Gasteiger partial charge in [-0.2, -0.15) is 0 Å². The Hall–Kier alpha value is -2.18. The molecule has 0 radical (unpaired) electrons. The topological polar surface area (TPSA) is 55.2 Å². The summed E-state index contributed by atoms with van der Waals surface area (Å²) in [6, 6.07) is 7.15. The standard InChI is InChI=1S/C19H18ClN3O2S/c1-11-15-17(21-14-8-3-4-9-23(14)18(15)24)26-16(11)19(25)22(2)13-7-5-6-12(20)10-13/h5-7,10H,3-4,8-9H2,1-2H3. The molecule has 4 rings (SSSR count). The van der Waals surface area contributed by atoms with Crippen molar-refractivity contribution in [2.75, 3.05) is 11.9 Å². The second kappa shape index (κ2) is 6.52. The highest BCUT2D eigenvalue weighted by Gasteiger charge is 2.24. The van der Waals surface area contributed by atoms with E-state index in [1.54, 1.807) is 34.7 Å². The average Bonchev–Trinajstić information content (AvgIpc) is 2.97. The number of aryl methyl sites for hydroxylation is 2. The third-order valence-corrected chi connectivity index (χ3v) is 6.26. The number of benzene rings is 1. The van der Waals surface area contributed by atoms with Crippen molar-refractivity contribution < 1.29 is 4.79 Å². The van der Waals surface area contributed by atoms with Crippen molar-refractivity contribution in [1.82, 2.24) is 9.55 Å². The minimum Gasteiger partial charge on any atom is -0.311 e. The lowest BCUT2D eigenvalue weighted by Crippen LogP contribution is -2.28. The monoisotopic (exact) mass is 387 g/mol. The number of hydrogen-bond donors (Lipinski definition) is 0. The van der Waals surface area contributed by atoms with E-state index in [1.807, 2.05) is 13.0 Å². The molecular weight excluding hydrogens is 370 g/mol. The van der Waals surface area contributed by atoms with Crippen molar-refractivity contribution >= 4 is 44.7 Å². The average molecular weight is 388 g/mol. The van der Waals surface area contributed by atoms with Gasteiger partial charge in [-0.1, -0.05) is 17.7 Å². The smallest absolute Gasteiger partial charge is 0.268 e. The van der Waals surface area contributed by atoms with Crippen molar-refractivity contribution in [3.63, 3.8) is 0 Å². The number of aromatic nitrogens is 2. The quantitative estimate of drug-likeness (QED) is 0.667. The van der Waals surface area contributed by atoms with Gasteiger partial charge in [0.05, 0.1) is 10.3 Å². The van der Waals surface area contributed by atoms with Gasteiger partial charge in [-0.05, 0) is 43.5 Å². The fraction of sp³-hybridized carbons (Fsp3) is 0.316. The van der Waals surface area contributed by atoms with Crippen LogP contribution in [0.2, 0.25) is 5.02 Å². The Morgan fingerprint density at radius 1 is 1.35 bits per heavy atom. The summed E-state index contributed by atoms with van der Waals surface area (Å²) in [5.74, 6) is 0.673. The van der Waals surface area contributed by atoms with E-state index in [0.29, 0.717) is 37.9 Å². The fourth-order valence-corrected chi connectivity index (χ4v) is 4.74. The van der Waals surface area contributed by atoms with Gasteiger partial charge in [-0.3, -0.25) is 14.2 Å². The molecule has 0 unspecified atom stereocenters. The van der Waals surface area contributed by atoms with Crippen LogP contribution >= 0.6 is 22.9 Å². The molecular formula is C19H18ClN3O2S. The molecule has 3 heterocycles. The number of hydrogen-bond acceptors (Lipinski definition) is 4. The molecule has 1 aliphatic heterocycles. The van der Waals surface area contributed by atoms with E-state index in [9.17, 15) is 9.59 Å². The molecule has 0 N–H and O–H groups in total. The molecule has 7 heteroatoms. The Labute approximate surface area is 159 Å². The Morgan fingerprint density at radius 2 is 2.15 bits per heavy atom. The largest absolute Gasteiger partial charge is 0.311 e. The van der Waals surface area contributed by atoms with E-state index >= 15 is 0 Å². The first-order valence-electron chi connectivity index (χ1n) is 8.54. The number of carbonyl (C=O) groups is 1. The zero-order valence-electron chi connectivity index (χ0n) is 14.6. The van der Waals surface area contributed by atoms with Gasteiger partial charge in [-0.15, -0.1) is 11.3 Å². The molecule has 0 spiro atoms. The summed E-state index contributed by atoms with van der Waals surface area (Å²) >= 11 is 7.34. The van der Waals surface area contributed by atoms with Gasteiger partial charge in [-0.25, -0.2) is 4.98 Å². The summed E-state index contributed by atoms with van der Waals surface area (Å²) < 4.78 is 1.76. The number of thiophene rings is 1. The molecule has 0 atom stereocenters. The first kappa shape index (κ1) is 17.2. The fourth-order valence-electron chi connectivity index (χ4n) is 3.39. The minimum atomic E-state index is -0.157. The molecule has 0 aliphatic carbocycles. The third-order valence-electron chi connectivity index (χ3n) is 4.86. The zero-order chi connectivity index (χ0) is 18.4. The molecule has 134 valence electrons. The van der Waals surface area contributed by atoms with Crippen LogP contribution in [0.25, 0.3) is 10.2 Å². The van der Waals surface area contributed by atoms with Crippen LogP contribution in [0.15, 0.2) is 29.1 Å². The van der Waals surface area contributed by atoms with Crippen LogP contribution in [0, 0.1) is 6.92 Å². The zero-order valence-corrected chi connectivity index (χ0v) is 16.2. The highest BCUT2D eigenvalue weighted by molar-refractivity contribution is 7.20. The lowest BCUT2D eigenvalue weighted by molar-refractivity contribution is 0.0996. The molecule has 5 nitrogen and oxygen atoms in total. The van der Waals surface area contributed by atoms with Crippen molar-refractivity contribution in [2.45, 2.75) is 32.7 Å². The molecule has 0 fully saturated rings. The molecule has 0 saturated carbocycles. The normalized spacial score (nSPS) is 13.7. The number of halogens is 1. The maximum Gasteiger partial charge on any atom is 0.268 e. The maximum atomic E-state index is 13.0. The number of rotatable bonds is 2. The Morgan fingerprint density at radius 3 is 2.92 bits per heavy atom. The maximum absolute atomic E-state index is 13.0. The molecule has 26 heavy (non-hydrogen) atoms. The van der Waals surface area contributed by atoms with Gasteiger partial charge in [0, 0.05) is 30.7 Å². The van der Waals surface area contributed by atoms with Crippen molar-refractivity contribution in [3.8, 4) is 0 Å². The van der Waals surface area contributed by atoms with Crippen LogP contribution in [0.1, 0.15) is 33.9 Å². The molecule has 0 bridgehead atoms. The van der Waals surface area contributed by atoms with Crippen molar-refractivity contribution in [3.05, 3.63) is 55.9 Å². The number of nitrogens with zero attached hydrogens (tertiary/aromatic N) is 3. The van der Waals surface area contributed by atoms with Gasteiger partial charge >= 0.3 is 0 Å². The summed E-state index contributed by atoms with van der Waals surface area (Å²) in [5, 5.41) is 1.14. The molecule has 1 aliphatic rings. The van der Waals surface area contributed by atoms with Crippen LogP contribution < -0.4 is 10.5 Å². The molecule has 3 aromatic rings. The van der Waals surface area contributed by atoms with Crippen LogP contribution in [0.3, 0.4) is 0 Å². The molecule has 1 amide bonds. The highest BCUT2D eigenvalue weighted by atomic mass is 35.5. The number of carbonyl (C=O) groups excluding carboxylic acids is 1. The van der Waals surface area contributed by atoms with E-state index in [1.165, 1.54) is 11.3 Å². The number of anilines is 1. The first-order chi connectivity index (χ1) is 12.5. The van der Waals surface area contributed by atoms with Crippen LogP contribution in [-0.4, -0.2) is 22.5 Å². The minimum absolute atomic E-state index is 0.0251. The van der Waals surface area contributed by atoms with Crippen LogP contribution in [0.4, 0.5) is 5.69 Å². The van der Waals surface area contributed by atoms with Gasteiger partial charge < -0.3 is 4.90 Å². The molecule has 1 aromatic carbocycles. The predicted octanol–water partition coefficient (Wildman–Crippen LogP) is 4.03. The lowest BCUT2D eigenvalue weighted by atomic mass is 10.1. The van der Waals surface area contributed by atoms with Crippen molar-refractivity contribution in [1.29, 1.82) is 0 Å². The number of amides is 1. The van der Waals surface area contributed by atoms with E-state index in [-0.39, 0.29) is 11.5 Å². The van der Waals surface area contributed by atoms with Gasteiger partial charge in [0.1, 0.15) is 10.7 Å². The Balaban J connectivity index is 1.82. The summed E-state index contributed by atoms with van der Waals surface area (Å²) in [6.45, 7) is 2.54. The van der Waals surface area contributed by atoms with E-state index in [0.717, 1.165) is 25.1 Å². The second-order valence-electron chi connectivity index (χ2n) is 6.52. The van der Waals surface area contributed by atoms with Gasteiger partial charge in [0.2, 0.25) is 0 Å². The van der Waals surface area contributed by atoms with E-state index in [4.69, 9.17) is 11.6 Å². The van der Waals surface area contributed by atoms with E-state index in [2.05, 4.69) is 4.98 Å². The van der Waals surface area contributed by atoms with Crippen molar-refractivity contribution in [2.24, 2.45) is 0 Å².